The average molecular weight is 313 g/mol. The molecule has 0 aliphatic rings. The molecule has 20 heavy (non-hydrogen) atoms. The fourth-order valence-corrected chi connectivity index (χ4v) is 1.48. The summed E-state index contributed by atoms with van der Waals surface area (Å²) in [6, 6.07) is -0.573. The van der Waals surface area contributed by atoms with E-state index in [1.807, 2.05) is 0 Å². The van der Waals surface area contributed by atoms with Gasteiger partial charge in [0.15, 0.2) is 0 Å². The SMILES string of the molecule is CCNC(CCCC(F)(F)F)COCC(F)(F)C(F)F. The van der Waals surface area contributed by atoms with Gasteiger partial charge >= 0.3 is 18.5 Å². The summed E-state index contributed by atoms with van der Waals surface area (Å²) in [5.41, 5.74) is 0. The van der Waals surface area contributed by atoms with Crippen molar-refractivity contribution in [2.45, 2.75) is 50.8 Å². The minimum atomic E-state index is -4.28. The molecule has 9 heteroatoms. The third kappa shape index (κ3) is 9.35. The first-order chi connectivity index (χ1) is 9.08. The molecular weight excluding hydrogens is 295 g/mol. The third-order valence-corrected chi connectivity index (χ3v) is 2.44. The van der Waals surface area contributed by atoms with Crippen LogP contribution in [0.2, 0.25) is 0 Å². The van der Waals surface area contributed by atoms with Gasteiger partial charge in [-0.15, -0.1) is 0 Å². The molecule has 0 aromatic rings. The Labute approximate surface area is 112 Å². The fraction of sp³-hybridized carbons (Fsp3) is 1.00. The van der Waals surface area contributed by atoms with E-state index in [0.717, 1.165) is 0 Å². The van der Waals surface area contributed by atoms with Crippen molar-refractivity contribution >= 4 is 0 Å². The van der Waals surface area contributed by atoms with E-state index >= 15 is 0 Å². The Morgan fingerprint density at radius 2 is 1.70 bits per heavy atom. The van der Waals surface area contributed by atoms with Gasteiger partial charge in [0, 0.05) is 12.5 Å². The molecule has 2 nitrogen and oxygen atoms in total. The number of hydrogen-bond acceptors (Lipinski definition) is 2. The first kappa shape index (κ1) is 19.4. The molecule has 0 heterocycles. The second-order valence-electron chi connectivity index (χ2n) is 4.34. The number of halogens is 7. The van der Waals surface area contributed by atoms with Crippen LogP contribution in [0.1, 0.15) is 26.2 Å². The lowest BCUT2D eigenvalue weighted by Crippen LogP contribution is -2.37. The van der Waals surface area contributed by atoms with E-state index in [0.29, 0.717) is 6.54 Å². The van der Waals surface area contributed by atoms with Gasteiger partial charge in [-0.25, -0.2) is 8.78 Å². The molecule has 0 fully saturated rings. The largest absolute Gasteiger partial charge is 0.389 e. The lowest BCUT2D eigenvalue weighted by Gasteiger charge is -2.20. The van der Waals surface area contributed by atoms with Crippen LogP contribution < -0.4 is 5.32 Å². The average Bonchev–Trinajstić information content (AvgIpc) is 2.26. The van der Waals surface area contributed by atoms with E-state index in [1.54, 1.807) is 6.92 Å². The molecule has 0 amide bonds. The lowest BCUT2D eigenvalue weighted by molar-refractivity contribution is -0.167. The quantitative estimate of drug-likeness (QED) is 0.622. The highest BCUT2D eigenvalue weighted by Crippen LogP contribution is 2.24. The molecule has 0 radical (unpaired) electrons. The van der Waals surface area contributed by atoms with Crippen molar-refractivity contribution in [3.05, 3.63) is 0 Å². The molecule has 1 atom stereocenters. The van der Waals surface area contributed by atoms with Gasteiger partial charge in [-0.2, -0.15) is 22.0 Å². The Balaban J connectivity index is 4.03. The van der Waals surface area contributed by atoms with Gasteiger partial charge < -0.3 is 10.1 Å². The molecular formula is C11H18F7NO. The van der Waals surface area contributed by atoms with E-state index in [9.17, 15) is 30.7 Å². The first-order valence-corrected chi connectivity index (χ1v) is 6.12. The van der Waals surface area contributed by atoms with Crippen LogP contribution in [0.25, 0.3) is 0 Å². The van der Waals surface area contributed by atoms with Crippen LogP contribution in [0.4, 0.5) is 30.7 Å². The lowest BCUT2D eigenvalue weighted by atomic mass is 10.1. The van der Waals surface area contributed by atoms with Crippen LogP contribution in [0.3, 0.4) is 0 Å². The summed E-state index contributed by atoms with van der Waals surface area (Å²) >= 11 is 0. The first-order valence-electron chi connectivity index (χ1n) is 6.12. The highest BCUT2D eigenvalue weighted by Gasteiger charge is 2.41. The summed E-state index contributed by atoms with van der Waals surface area (Å²) in [6.07, 6.45) is -9.21. The number of nitrogens with one attached hydrogen (secondary N) is 1. The molecule has 0 aromatic carbocycles. The fourth-order valence-electron chi connectivity index (χ4n) is 1.48. The minimum absolute atomic E-state index is 0.0631. The second-order valence-corrected chi connectivity index (χ2v) is 4.34. The Hall–Kier alpha value is -0.570. The van der Waals surface area contributed by atoms with Gasteiger partial charge in [-0.05, 0) is 19.4 Å². The van der Waals surface area contributed by atoms with Gasteiger partial charge in [0.2, 0.25) is 0 Å². The zero-order valence-electron chi connectivity index (χ0n) is 11.0. The normalized spacial score (nSPS) is 14.8. The monoisotopic (exact) mass is 313 g/mol. The standard InChI is InChI=1S/C11H18F7NO/c1-2-19-8(4-3-5-11(16,17)18)6-20-7-10(14,15)9(12)13/h8-9,19H,2-7H2,1H3. The number of alkyl halides is 7. The summed E-state index contributed by atoms with van der Waals surface area (Å²) in [7, 11) is 0. The molecule has 0 aliphatic carbocycles. The predicted molar refractivity (Wildman–Crippen MR) is 59.1 cm³/mol. The van der Waals surface area contributed by atoms with Crippen LogP contribution in [-0.4, -0.2) is 44.3 Å². The molecule has 0 bridgehead atoms. The molecule has 0 aromatic heterocycles. The summed E-state index contributed by atoms with van der Waals surface area (Å²) in [5, 5.41) is 2.76. The number of rotatable bonds is 10. The van der Waals surface area contributed by atoms with E-state index in [1.165, 1.54) is 0 Å². The van der Waals surface area contributed by atoms with E-state index in [2.05, 4.69) is 10.1 Å². The van der Waals surface area contributed by atoms with Crippen molar-refractivity contribution < 1.29 is 35.5 Å². The molecule has 0 rings (SSSR count). The Morgan fingerprint density at radius 3 is 2.15 bits per heavy atom. The summed E-state index contributed by atoms with van der Waals surface area (Å²) in [6.45, 7) is 0.301. The van der Waals surface area contributed by atoms with Crippen LogP contribution in [0.15, 0.2) is 0 Å². The Bertz CT molecular complexity index is 258. The smallest absolute Gasteiger partial charge is 0.373 e. The van der Waals surface area contributed by atoms with Crippen molar-refractivity contribution in [3.8, 4) is 0 Å². The van der Waals surface area contributed by atoms with Crippen molar-refractivity contribution in [1.29, 1.82) is 0 Å². The molecule has 122 valence electrons. The van der Waals surface area contributed by atoms with Crippen molar-refractivity contribution in [3.63, 3.8) is 0 Å². The van der Waals surface area contributed by atoms with Gasteiger partial charge in [0.05, 0.1) is 6.61 Å². The molecule has 0 spiro atoms. The zero-order chi connectivity index (χ0) is 15.8. The summed E-state index contributed by atoms with van der Waals surface area (Å²) in [4.78, 5) is 0. The Kier molecular flexibility index (Phi) is 8.41. The highest BCUT2D eigenvalue weighted by molar-refractivity contribution is 4.71. The molecule has 0 saturated carbocycles. The maximum absolute atomic E-state index is 12.5. The number of hydrogen-bond donors (Lipinski definition) is 1. The van der Waals surface area contributed by atoms with Crippen LogP contribution >= 0.6 is 0 Å². The van der Waals surface area contributed by atoms with Gasteiger partial charge in [-0.1, -0.05) is 6.92 Å². The van der Waals surface area contributed by atoms with E-state index in [4.69, 9.17) is 0 Å². The maximum Gasteiger partial charge on any atom is 0.389 e. The molecule has 0 aliphatic heterocycles. The Morgan fingerprint density at radius 1 is 1.10 bits per heavy atom. The minimum Gasteiger partial charge on any atom is -0.373 e. The van der Waals surface area contributed by atoms with Gasteiger partial charge in [-0.3, -0.25) is 0 Å². The van der Waals surface area contributed by atoms with Crippen LogP contribution in [0.5, 0.6) is 0 Å². The molecule has 1 N–H and O–H groups in total. The zero-order valence-corrected chi connectivity index (χ0v) is 11.0. The van der Waals surface area contributed by atoms with Crippen molar-refractivity contribution in [1.82, 2.24) is 5.32 Å². The second kappa shape index (κ2) is 8.66. The predicted octanol–water partition coefficient (Wildman–Crippen LogP) is 3.61. The van der Waals surface area contributed by atoms with E-state index < -0.39 is 37.6 Å². The van der Waals surface area contributed by atoms with Crippen molar-refractivity contribution in [2.24, 2.45) is 0 Å². The topological polar surface area (TPSA) is 21.3 Å². The van der Waals surface area contributed by atoms with E-state index in [-0.39, 0.29) is 19.4 Å². The summed E-state index contributed by atoms with van der Waals surface area (Å²) < 4.78 is 89.1. The van der Waals surface area contributed by atoms with Gasteiger partial charge in [0.1, 0.15) is 6.61 Å². The molecule has 1 unspecified atom stereocenters. The van der Waals surface area contributed by atoms with Crippen LogP contribution in [-0.2, 0) is 4.74 Å². The number of ether oxygens (including phenoxy) is 1. The van der Waals surface area contributed by atoms with Crippen LogP contribution in [0, 0.1) is 0 Å². The highest BCUT2D eigenvalue weighted by atomic mass is 19.4. The third-order valence-electron chi connectivity index (χ3n) is 2.44. The maximum atomic E-state index is 12.5. The van der Waals surface area contributed by atoms with Crippen molar-refractivity contribution in [2.75, 3.05) is 19.8 Å². The summed E-state index contributed by atoms with van der Waals surface area (Å²) in [5.74, 6) is -4.25. The molecule has 0 saturated heterocycles. The number of likely N-dealkylation sites (N-methyl/N-ethyl adjacent to an activating group) is 1. The van der Waals surface area contributed by atoms with Gasteiger partial charge in [0.25, 0.3) is 0 Å².